The molecule has 108 valence electrons. The highest BCUT2D eigenvalue weighted by Crippen LogP contribution is 2.36. The summed E-state index contributed by atoms with van der Waals surface area (Å²) < 4.78 is 30.6. The lowest BCUT2D eigenvalue weighted by Crippen LogP contribution is -2.10. The van der Waals surface area contributed by atoms with E-state index in [0.717, 1.165) is 6.07 Å². The van der Waals surface area contributed by atoms with Crippen molar-refractivity contribution in [1.82, 2.24) is 5.16 Å². The summed E-state index contributed by atoms with van der Waals surface area (Å²) in [5.74, 6) is 5.03. The van der Waals surface area contributed by atoms with E-state index < -0.39 is 20.6 Å². The summed E-state index contributed by atoms with van der Waals surface area (Å²) in [6.07, 6.45) is 0. The van der Waals surface area contributed by atoms with E-state index in [1.807, 2.05) is 0 Å². The van der Waals surface area contributed by atoms with Crippen molar-refractivity contribution in [2.45, 2.75) is 11.1 Å². The number of anilines is 2. The zero-order valence-corrected chi connectivity index (χ0v) is 11.6. The Balaban J connectivity index is 2.37. The number of sulfonamides is 1. The Morgan fingerprint density at radius 1 is 1.50 bits per heavy atom. The molecule has 2 heterocycles. The highest BCUT2D eigenvalue weighted by atomic mass is 32.2. The standard InChI is InChI=1S/C8H9N5O5S2/c1-4-2-6(18-11-4)12-20(16,17)7-3-5(13(14)15)8(10-9)19-7/h2-3,10,12H,9H2,1H3. The van der Waals surface area contributed by atoms with E-state index in [0.29, 0.717) is 17.0 Å². The fourth-order valence-corrected chi connectivity index (χ4v) is 3.54. The third kappa shape index (κ3) is 2.71. The largest absolute Gasteiger partial charge is 0.338 e. The van der Waals surface area contributed by atoms with Crippen molar-refractivity contribution < 1.29 is 17.9 Å². The Kier molecular flexibility index (Phi) is 3.61. The first kappa shape index (κ1) is 14.2. The minimum Gasteiger partial charge on any atom is -0.338 e. The third-order valence-corrected chi connectivity index (χ3v) is 5.02. The van der Waals surface area contributed by atoms with Gasteiger partial charge in [-0.05, 0) is 6.92 Å². The maximum atomic E-state index is 12.0. The molecule has 2 aromatic rings. The topological polar surface area (TPSA) is 153 Å². The summed E-state index contributed by atoms with van der Waals surface area (Å²) in [5.41, 5.74) is 2.15. The van der Waals surface area contributed by atoms with Gasteiger partial charge >= 0.3 is 5.69 Å². The number of nitrogens with zero attached hydrogens (tertiary/aromatic N) is 2. The van der Waals surface area contributed by atoms with E-state index in [4.69, 9.17) is 10.4 Å². The molecule has 0 amide bonds. The van der Waals surface area contributed by atoms with Gasteiger partial charge in [0, 0.05) is 12.1 Å². The van der Waals surface area contributed by atoms with Crippen molar-refractivity contribution in [2.24, 2.45) is 5.84 Å². The highest BCUT2D eigenvalue weighted by molar-refractivity contribution is 7.94. The molecule has 0 unspecified atom stereocenters. The average molecular weight is 319 g/mol. The van der Waals surface area contributed by atoms with Crippen molar-refractivity contribution in [3.63, 3.8) is 0 Å². The van der Waals surface area contributed by atoms with Gasteiger partial charge in [0.05, 0.1) is 10.6 Å². The number of nitro groups is 1. The second-order valence-corrected chi connectivity index (χ2v) is 6.58. The van der Waals surface area contributed by atoms with Crippen molar-refractivity contribution in [3.8, 4) is 0 Å². The molecular weight excluding hydrogens is 310 g/mol. The Hall–Kier alpha value is -2.18. The van der Waals surface area contributed by atoms with Gasteiger partial charge in [0.2, 0.25) is 5.88 Å². The molecule has 0 saturated carbocycles. The van der Waals surface area contributed by atoms with Crippen LogP contribution in [0.2, 0.25) is 0 Å². The van der Waals surface area contributed by atoms with Crippen LogP contribution in [0.15, 0.2) is 20.9 Å². The Morgan fingerprint density at radius 2 is 2.20 bits per heavy atom. The molecule has 2 aromatic heterocycles. The van der Waals surface area contributed by atoms with Gasteiger partial charge in [-0.15, -0.1) is 0 Å². The lowest BCUT2D eigenvalue weighted by molar-refractivity contribution is -0.383. The third-order valence-electron chi connectivity index (χ3n) is 2.15. The lowest BCUT2D eigenvalue weighted by atomic mass is 10.5. The molecule has 20 heavy (non-hydrogen) atoms. The molecule has 0 saturated heterocycles. The van der Waals surface area contributed by atoms with Gasteiger partial charge in [-0.2, -0.15) is 0 Å². The molecule has 4 N–H and O–H groups in total. The summed E-state index contributed by atoms with van der Waals surface area (Å²) >= 11 is 0.631. The van der Waals surface area contributed by atoms with E-state index in [1.165, 1.54) is 6.07 Å². The maximum Gasteiger partial charge on any atom is 0.306 e. The predicted octanol–water partition coefficient (Wildman–Crippen LogP) is 1.04. The first-order chi connectivity index (χ1) is 9.33. The molecule has 0 aromatic carbocycles. The molecule has 2 rings (SSSR count). The van der Waals surface area contributed by atoms with E-state index in [-0.39, 0.29) is 15.1 Å². The molecule has 0 atom stereocenters. The van der Waals surface area contributed by atoms with Gasteiger partial charge < -0.3 is 9.95 Å². The monoisotopic (exact) mass is 319 g/mol. The van der Waals surface area contributed by atoms with Gasteiger partial charge in [-0.1, -0.05) is 16.5 Å². The number of aryl methyl sites for hydroxylation is 1. The maximum absolute atomic E-state index is 12.0. The smallest absolute Gasteiger partial charge is 0.306 e. The normalized spacial score (nSPS) is 11.3. The molecule has 10 nitrogen and oxygen atoms in total. The summed E-state index contributed by atoms with van der Waals surface area (Å²) in [4.78, 5) is 10.0. The van der Waals surface area contributed by atoms with Crippen LogP contribution in [-0.4, -0.2) is 18.5 Å². The molecule has 12 heteroatoms. The van der Waals surface area contributed by atoms with Crippen molar-refractivity contribution in [3.05, 3.63) is 27.9 Å². The number of nitrogens with two attached hydrogens (primary N) is 1. The number of thiophene rings is 1. The summed E-state index contributed by atoms with van der Waals surface area (Å²) in [6.45, 7) is 1.62. The summed E-state index contributed by atoms with van der Waals surface area (Å²) in [6, 6.07) is 2.28. The number of nitrogen functional groups attached to an aromatic ring is 1. The quantitative estimate of drug-likeness (QED) is 0.419. The Morgan fingerprint density at radius 3 is 2.65 bits per heavy atom. The van der Waals surface area contributed by atoms with Gasteiger partial charge in [0.25, 0.3) is 10.0 Å². The van der Waals surface area contributed by atoms with Crippen LogP contribution in [0.25, 0.3) is 0 Å². The molecular formula is C8H9N5O5S2. The fraction of sp³-hybridized carbons (Fsp3) is 0.125. The molecule has 0 spiro atoms. The molecule has 0 fully saturated rings. The number of hydrazine groups is 1. The number of aromatic nitrogens is 1. The van der Waals surface area contributed by atoms with Crippen LogP contribution >= 0.6 is 11.3 Å². The zero-order valence-electron chi connectivity index (χ0n) is 9.98. The van der Waals surface area contributed by atoms with Crippen LogP contribution in [0.1, 0.15) is 5.69 Å². The highest BCUT2D eigenvalue weighted by Gasteiger charge is 2.26. The van der Waals surface area contributed by atoms with Gasteiger partial charge in [-0.25, -0.2) is 19.0 Å². The number of hydrogen-bond donors (Lipinski definition) is 3. The van der Waals surface area contributed by atoms with Crippen LogP contribution < -0.4 is 16.0 Å². The van der Waals surface area contributed by atoms with Crippen LogP contribution in [0.4, 0.5) is 16.6 Å². The van der Waals surface area contributed by atoms with Gasteiger partial charge in [-0.3, -0.25) is 10.1 Å². The lowest BCUT2D eigenvalue weighted by Gasteiger charge is -2.00. The first-order valence-electron chi connectivity index (χ1n) is 5.04. The van der Waals surface area contributed by atoms with Crippen molar-refractivity contribution in [1.29, 1.82) is 0 Å². The summed E-state index contributed by atoms with van der Waals surface area (Å²) in [5, 5.41) is 14.2. The molecule has 0 aliphatic carbocycles. The number of rotatable bonds is 5. The second-order valence-electron chi connectivity index (χ2n) is 3.62. The zero-order chi connectivity index (χ0) is 14.9. The Labute approximate surface area is 116 Å². The fourth-order valence-electron chi connectivity index (χ4n) is 1.33. The second kappa shape index (κ2) is 5.07. The SMILES string of the molecule is Cc1cc(NS(=O)(=O)c2cc([N+](=O)[O-])c(NN)s2)on1. The van der Waals surface area contributed by atoms with Crippen molar-refractivity contribution in [2.75, 3.05) is 10.1 Å². The first-order valence-corrected chi connectivity index (χ1v) is 7.34. The van der Waals surface area contributed by atoms with E-state index in [9.17, 15) is 18.5 Å². The average Bonchev–Trinajstić information content (AvgIpc) is 2.95. The van der Waals surface area contributed by atoms with Crippen LogP contribution in [0.3, 0.4) is 0 Å². The molecule has 0 aliphatic heterocycles. The van der Waals surface area contributed by atoms with E-state index in [2.05, 4.69) is 15.3 Å². The molecule has 0 radical (unpaired) electrons. The van der Waals surface area contributed by atoms with Crippen LogP contribution in [-0.2, 0) is 10.0 Å². The van der Waals surface area contributed by atoms with Gasteiger partial charge in [0.15, 0.2) is 5.00 Å². The van der Waals surface area contributed by atoms with Crippen LogP contribution in [0.5, 0.6) is 0 Å². The van der Waals surface area contributed by atoms with Crippen molar-refractivity contribution >= 4 is 37.9 Å². The van der Waals surface area contributed by atoms with E-state index in [1.54, 1.807) is 6.92 Å². The minimum atomic E-state index is -4.01. The molecule has 0 bridgehead atoms. The number of hydrogen-bond acceptors (Lipinski definition) is 9. The predicted molar refractivity (Wildman–Crippen MR) is 70.8 cm³/mol. The minimum absolute atomic E-state index is 0.0656. The van der Waals surface area contributed by atoms with Gasteiger partial charge in [0.1, 0.15) is 4.21 Å². The summed E-state index contributed by atoms with van der Waals surface area (Å²) in [7, 11) is -4.01. The number of nitrogens with one attached hydrogen (secondary N) is 2. The van der Waals surface area contributed by atoms with E-state index >= 15 is 0 Å². The van der Waals surface area contributed by atoms with Crippen LogP contribution in [0, 0.1) is 17.0 Å². The molecule has 0 aliphatic rings. The Bertz CT molecular complexity index is 749.